The quantitative estimate of drug-likeness (QED) is 0.311. The molecule has 2 saturated heterocycles. The summed E-state index contributed by atoms with van der Waals surface area (Å²) in [5.41, 5.74) is 8.57. The predicted molar refractivity (Wildman–Crippen MR) is 60.8 cm³/mol. The van der Waals surface area contributed by atoms with Crippen LogP contribution in [-0.2, 0) is 28.5 Å². The topological polar surface area (TPSA) is 132 Å². The number of carbonyl (C=O) groups excluding carboxylic acids is 1. The molecule has 0 bridgehead atoms. The third kappa shape index (κ3) is 3.37. The molecular weight excluding hydrogens is 274 g/mol. The lowest BCUT2D eigenvalue weighted by Crippen LogP contribution is -2.44. The summed E-state index contributed by atoms with van der Waals surface area (Å²) < 4.78 is 25.5. The molecule has 10 nitrogen and oxygen atoms in total. The van der Waals surface area contributed by atoms with Crippen LogP contribution in [0.1, 0.15) is 13.8 Å². The highest BCUT2D eigenvalue weighted by molar-refractivity contribution is 5.77. The average molecular weight is 289 g/mol. The molecule has 0 aromatic carbocycles. The van der Waals surface area contributed by atoms with E-state index in [-0.39, 0.29) is 6.61 Å². The van der Waals surface area contributed by atoms with Crippen LogP contribution >= 0.6 is 0 Å². The van der Waals surface area contributed by atoms with Gasteiger partial charge in [0.25, 0.3) is 6.48 Å². The van der Waals surface area contributed by atoms with E-state index < -0.39 is 43.3 Å². The molecule has 10 heteroatoms. The van der Waals surface area contributed by atoms with Gasteiger partial charge >= 0.3 is 5.97 Å². The highest BCUT2D eigenvalue weighted by Gasteiger charge is 2.48. The maximum atomic E-state index is 11.9. The van der Waals surface area contributed by atoms with Gasteiger partial charge in [0.05, 0.1) is 6.61 Å². The molecule has 0 aromatic heterocycles. The van der Waals surface area contributed by atoms with Gasteiger partial charge in [0.15, 0.2) is 18.6 Å². The van der Waals surface area contributed by atoms with E-state index in [0.717, 1.165) is 0 Å². The van der Waals surface area contributed by atoms with E-state index in [9.17, 15) is 9.90 Å². The zero-order chi connectivity index (χ0) is 14.8. The summed E-state index contributed by atoms with van der Waals surface area (Å²) in [7, 11) is 0. The molecule has 4 unspecified atom stereocenters. The monoisotopic (exact) mass is 289 g/mol. The molecule has 2 rings (SSSR count). The highest BCUT2D eigenvalue weighted by atomic mass is 16.8. The van der Waals surface area contributed by atoms with Crippen molar-refractivity contribution in [2.24, 2.45) is 5.11 Å². The number of aliphatic hydroxyl groups is 1. The Morgan fingerprint density at radius 3 is 2.85 bits per heavy atom. The number of cyclic esters (lactones) is 1. The van der Waals surface area contributed by atoms with Crippen LogP contribution < -0.4 is 0 Å². The van der Waals surface area contributed by atoms with Gasteiger partial charge in [-0.15, -0.1) is 0 Å². The molecule has 1 N–H and O–H groups in total. The van der Waals surface area contributed by atoms with Crippen LogP contribution in [0.15, 0.2) is 5.11 Å². The molecular formula is C10H15N3O7. The minimum atomic E-state index is -1.55. The summed E-state index contributed by atoms with van der Waals surface area (Å²) in [6.07, 6.45) is -1.59. The number of aliphatic hydroxyl groups excluding tert-OH is 1. The van der Waals surface area contributed by atoms with Crippen molar-refractivity contribution in [3.8, 4) is 0 Å². The van der Waals surface area contributed by atoms with Gasteiger partial charge < -0.3 is 24.1 Å². The van der Waals surface area contributed by atoms with Crippen LogP contribution in [-0.4, -0.2) is 55.0 Å². The molecule has 0 radical (unpaired) electrons. The van der Waals surface area contributed by atoms with Crippen LogP contribution in [0.25, 0.3) is 10.4 Å². The number of hydrogen-bond donors (Lipinski definition) is 1. The summed E-state index contributed by atoms with van der Waals surface area (Å²) in [5.74, 6) is -1.81. The summed E-state index contributed by atoms with van der Waals surface area (Å²) in [5, 5.41) is 12.7. The Balaban J connectivity index is 2.25. The van der Waals surface area contributed by atoms with E-state index in [2.05, 4.69) is 14.8 Å². The molecule has 0 aromatic rings. The van der Waals surface area contributed by atoms with Crippen molar-refractivity contribution in [3.63, 3.8) is 0 Å². The lowest BCUT2D eigenvalue weighted by molar-refractivity contribution is -0.297. The first-order chi connectivity index (χ1) is 9.43. The zero-order valence-electron chi connectivity index (χ0n) is 11.0. The fourth-order valence-corrected chi connectivity index (χ4v) is 2.02. The van der Waals surface area contributed by atoms with Crippen LogP contribution in [0, 0.1) is 0 Å². The number of hydrogen-bond acceptors (Lipinski definition) is 8. The predicted octanol–water partition coefficient (Wildman–Crippen LogP) is 0.00880. The fraction of sp³-hybridized carbons (Fsp3) is 0.900. The smallest absolute Gasteiger partial charge is 0.319 e. The maximum absolute atomic E-state index is 11.9. The van der Waals surface area contributed by atoms with Crippen molar-refractivity contribution in [2.75, 3.05) is 13.4 Å². The van der Waals surface area contributed by atoms with Gasteiger partial charge in [0.1, 0.15) is 12.2 Å². The minimum Gasteiger partial charge on any atom is -0.438 e. The van der Waals surface area contributed by atoms with Crippen molar-refractivity contribution in [2.45, 2.75) is 44.4 Å². The number of esters is 1. The second-order valence-corrected chi connectivity index (χ2v) is 4.68. The van der Waals surface area contributed by atoms with E-state index >= 15 is 0 Å². The van der Waals surface area contributed by atoms with Gasteiger partial charge in [-0.2, -0.15) is 0 Å². The van der Waals surface area contributed by atoms with E-state index in [1.165, 1.54) is 0 Å². The van der Waals surface area contributed by atoms with Gasteiger partial charge in [0, 0.05) is 4.91 Å². The van der Waals surface area contributed by atoms with Crippen molar-refractivity contribution < 1.29 is 33.6 Å². The second-order valence-electron chi connectivity index (χ2n) is 4.68. The Bertz CT molecular complexity index is 423. The molecule has 4 atom stereocenters. The first-order valence-corrected chi connectivity index (χ1v) is 5.91. The molecule has 2 fully saturated rings. The normalized spacial score (nSPS) is 37.5. The molecule has 0 aliphatic carbocycles. The standard InChI is InChI=1S/C10H15N3O7/c1-10(2)19-5-3-16-9(15)18-4-17-8(14)6(12-13-11)7(5)20-10/h5-7,9,15H,3-4H2,1-2H3. The maximum Gasteiger partial charge on any atom is 0.319 e. The Morgan fingerprint density at radius 1 is 1.40 bits per heavy atom. The summed E-state index contributed by atoms with van der Waals surface area (Å²) in [4.78, 5) is 14.5. The first-order valence-electron chi connectivity index (χ1n) is 5.91. The molecule has 20 heavy (non-hydrogen) atoms. The van der Waals surface area contributed by atoms with Crippen LogP contribution in [0.2, 0.25) is 0 Å². The number of rotatable bonds is 1. The van der Waals surface area contributed by atoms with Gasteiger partial charge in [-0.25, -0.2) is 0 Å². The third-order valence-corrected chi connectivity index (χ3v) is 2.77. The highest BCUT2D eigenvalue weighted by Crippen LogP contribution is 2.32. The summed E-state index contributed by atoms with van der Waals surface area (Å²) >= 11 is 0. The number of nitrogens with zero attached hydrogens (tertiary/aromatic N) is 3. The summed E-state index contributed by atoms with van der Waals surface area (Å²) in [6, 6.07) is -1.23. The van der Waals surface area contributed by atoms with Crippen LogP contribution in [0.5, 0.6) is 0 Å². The van der Waals surface area contributed by atoms with E-state index in [1.54, 1.807) is 13.8 Å². The Labute approximate surface area is 114 Å². The number of ether oxygens (including phenoxy) is 5. The first kappa shape index (κ1) is 15.0. The molecule has 0 amide bonds. The lowest BCUT2D eigenvalue weighted by Gasteiger charge is -2.24. The number of carbonyl (C=O) groups is 1. The molecule has 0 saturated carbocycles. The Kier molecular flexibility index (Phi) is 4.43. The molecule has 2 aliphatic heterocycles. The van der Waals surface area contributed by atoms with E-state index in [4.69, 9.17) is 24.5 Å². The molecule has 0 spiro atoms. The average Bonchev–Trinajstić information content (AvgIpc) is 2.67. The van der Waals surface area contributed by atoms with Crippen molar-refractivity contribution in [1.29, 1.82) is 0 Å². The Hall–Kier alpha value is -1.42. The minimum absolute atomic E-state index is 0.0972. The number of azide groups is 1. The van der Waals surface area contributed by atoms with E-state index in [0.29, 0.717) is 0 Å². The molecule has 2 heterocycles. The second kappa shape index (κ2) is 5.92. The van der Waals surface area contributed by atoms with Crippen molar-refractivity contribution in [3.05, 3.63) is 10.4 Å². The zero-order valence-corrected chi connectivity index (χ0v) is 11.0. The van der Waals surface area contributed by atoms with Gasteiger partial charge in [-0.05, 0) is 19.4 Å². The van der Waals surface area contributed by atoms with Gasteiger partial charge in [-0.3, -0.25) is 9.53 Å². The molecule has 2 aliphatic rings. The third-order valence-electron chi connectivity index (χ3n) is 2.77. The van der Waals surface area contributed by atoms with Crippen molar-refractivity contribution in [1.82, 2.24) is 0 Å². The Morgan fingerprint density at radius 2 is 2.15 bits per heavy atom. The molecule has 112 valence electrons. The number of fused-ring (bicyclic) bond motifs is 1. The lowest BCUT2D eigenvalue weighted by atomic mass is 10.1. The fourth-order valence-electron chi connectivity index (χ4n) is 2.02. The summed E-state index contributed by atoms with van der Waals surface area (Å²) in [6.45, 7) is 1.11. The van der Waals surface area contributed by atoms with Gasteiger partial charge in [-0.1, -0.05) is 5.11 Å². The van der Waals surface area contributed by atoms with Crippen LogP contribution in [0.3, 0.4) is 0 Å². The van der Waals surface area contributed by atoms with Crippen LogP contribution in [0.4, 0.5) is 0 Å². The van der Waals surface area contributed by atoms with Gasteiger partial charge in [0.2, 0.25) is 0 Å². The SMILES string of the molecule is CC1(C)OC2COC(O)OCOC(=O)C(N=[N+]=[N-])C2O1. The van der Waals surface area contributed by atoms with Crippen molar-refractivity contribution >= 4 is 5.97 Å². The van der Waals surface area contributed by atoms with E-state index in [1.807, 2.05) is 0 Å². The largest absolute Gasteiger partial charge is 0.438 e.